The van der Waals surface area contributed by atoms with E-state index in [4.69, 9.17) is 5.21 Å². The molecule has 2 aliphatic carbocycles. The number of hydrogen-bond acceptors (Lipinski definition) is 3. The molecule has 0 spiro atoms. The van der Waals surface area contributed by atoms with Crippen LogP contribution in [0.2, 0.25) is 0 Å². The summed E-state index contributed by atoms with van der Waals surface area (Å²) in [5.74, 6) is 0. The molecule has 0 unspecified atom stereocenters. The van der Waals surface area contributed by atoms with Gasteiger partial charge in [-0.2, -0.15) is 0 Å². The Balaban J connectivity index is 2.07. The van der Waals surface area contributed by atoms with Crippen molar-refractivity contribution in [1.82, 2.24) is 4.90 Å². The lowest BCUT2D eigenvalue weighted by molar-refractivity contribution is 0.179. The average Bonchev–Trinajstić information content (AvgIpc) is 2.45. The molecule has 1 N–H and O–H groups in total. The smallest absolute Gasteiger partial charge is 0.0827 e. The van der Waals surface area contributed by atoms with E-state index in [0.717, 1.165) is 31.0 Å². The number of oxime groups is 1. The quantitative estimate of drug-likeness (QED) is 0.602. The summed E-state index contributed by atoms with van der Waals surface area (Å²) in [6.07, 6.45) is 9.38. The minimum Gasteiger partial charge on any atom is -0.411 e. The van der Waals surface area contributed by atoms with Crippen molar-refractivity contribution in [2.45, 2.75) is 71.3 Å². The van der Waals surface area contributed by atoms with Gasteiger partial charge in [0, 0.05) is 6.04 Å². The molecule has 0 aromatic carbocycles. The first-order valence-corrected chi connectivity index (χ1v) is 7.96. The minimum absolute atomic E-state index is 0.719. The number of allylic oxidation sites excluding steroid dienone is 1. The second kappa shape index (κ2) is 7.09. The van der Waals surface area contributed by atoms with Gasteiger partial charge in [-0.15, -0.1) is 0 Å². The third kappa shape index (κ3) is 3.38. The van der Waals surface area contributed by atoms with Gasteiger partial charge >= 0.3 is 0 Å². The van der Waals surface area contributed by atoms with Crippen LogP contribution in [0.5, 0.6) is 0 Å². The first kappa shape index (κ1) is 14.6. The van der Waals surface area contributed by atoms with Crippen LogP contribution in [0.15, 0.2) is 16.3 Å². The summed E-state index contributed by atoms with van der Waals surface area (Å²) >= 11 is 0. The van der Waals surface area contributed by atoms with Gasteiger partial charge in [0.1, 0.15) is 0 Å². The summed E-state index contributed by atoms with van der Waals surface area (Å²) in [6.45, 7) is 6.99. The van der Waals surface area contributed by atoms with E-state index in [1.807, 2.05) is 0 Å². The van der Waals surface area contributed by atoms with Crippen LogP contribution >= 0.6 is 0 Å². The molecule has 0 fully saturated rings. The third-order valence-corrected chi connectivity index (χ3v) is 4.54. The van der Waals surface area contributed by atoms with E-state index in [-0.39, 0.29) is 0 Å². The maximum absolute atomic E-state index is 9.12. The normalized spacial score (nSPS) is 26.1. The van der Waals surface area contributed by atoms with Gasteiger partial charge in [-0.05, 0) is 70.0 Å². The summed E-state index contributed by atoms with van der Waals surface area (Å²) in [5, 5.41) is 12.6. The van der Waals surface area contributed by atoms with Crippen LogP contribution in [0.1, 0.15) is 65.2 Å². The zero-order valence-corrected chi connectivity index (χ0v) is 12.5. The highest BCUT2D eigenvalue weighted by Crippen LogP contribution is 2.36. The third-order valence-electron chi connectivity index (χ3n) is 4.54. The zero-order chi connectivity index (χ0) is 13.7. The molecule has 0 bridgehead atoms. The van der Waals surface area contributed by atoms with Gasteiger partial charge in [0.05, 0.1) is 5.71 Å². The SMILES string of the molecule is CCCN(CCC)[C@H]1CCC2=C(CCC/C2=N\O)C1. The van der Waals surface area contributed by atoms with E-state index in [1.165, 1.54) is 50.8 Å². The monoisotopic (exact) mass is 264 g/mol. The van der Waals surface area contributed by atoms with E-state index in [1.54, 1.807) is 5.57 Å². The van der Waals surface area contributed by atoms with Crippen LogP contribution in [-0.2, 0) is 0 Å². The predicted molar refractivity (Wildman–Crippen MR) is 79.9 cm³/mol. The molecule has 108 valence electrons. The van der Waals surface area contributed by atoms with Crippen molar-refractivity contribution < 1.29 is 5.21 Å². The van der Waals surface area contributed by atoms with Crippen molar-refractivity contribution in [3.05, 3.63) is 11.1 Å². The summed E-state index contributed by atoms with van der Waals surface area (Å²) in [4.78, 5) is 2.67. The van der Waals surface area contributed by atoms with E-state index >= 15 is 0 Å². The highest BCUT2D eigenvalue weighted by Gasteiger charge is 2.29. The Hall–Kier alpha value is -0.830. The summed E-state index contributed by atoms with van der Waals surface area (Å²) in [7, 11) is 0. The Morgan fingerprint density at radius 3 is 2.53 bits per heavy atom. The zero-order valence-electron chi connectivity index (χ0n) is 12.5. The van der Waals surface area contributed by atoms with Crippen LogP contribution in [-0.4, -0.2) is 35.0 Å². The Bertz CT molecular complexity index is 354. The molecular formula is C16H28N2O. The summed E-state index contributed by atoms with van der Waals surface area (Å²) < 4.78 is 0. The highest BCUT2D eigenvalue weighted by atomic mass is 16.4. The van der Waals surface area contributed by atoms with Gasteiger partial charge in [0.2, 0.25) is 0 Å². The molecule has 2 aliphatic rings. The molecule has 3 heteroatoms. The van der Waals surface area contributed by atoms with Crippen molar-refractivity contribution in [2.75, 3.05) is 13.1 Å². The predicted octanol–water partition coefficient (Wildman–Crippen LogP) is 3.97. The Morgan fingerprint density at radius 1 is 1.16 bits per heavy atom. The summed E-state index contributed by atoms with van der Waals surface area (Å²) in [5.41, 5.74) is 3.93. The van der Waals surface area contributed by atoms with Crippen LogP contribution in [0.4, 0.5) is 0 Å². The first-order valence-electron chi connectivity index (χ1n) is 7.96. The maximum atomic E-state index is 9.12. The van der Waals surface area contributed by atoms with Gasteiger partial charge in [-0.1, -0.05) is 24.6 Å². The largest absolute Gasteiger partial charge is 0.411 e. The fourth-order valence-electron chi connectivity index (χ4n) is 3.69. The molecule has 0 saturated carbocycles. The molecule has 3 nitrogen and oxygen atoms in total. The molecule has 1 atom stereocenters. The van der Waals surface area contributed by atoms with Crippen molar-refractivity contribution >= 4 is 5.71 Å². The van der Waals surface area contributed by atoms with Crippen LogP contribution < -0.4 is 0 Å². The lowest BCUT2D eigenvalue weighted by Crippen LogP contribution is -2.39. The van der Waals surface area contributed by atoms with Gasteiger partial charge in [0.15, 0.2) is 0 Å². The summed E-state index contributed by atoms with van der Waals surface area (Å²) in [6, 6.07) is 0.719. The lowest BCUT2D eigenvalue weighted by atomic mass is 9.78. The molecular weight excluding hydrogens is 236 g/mol. The molecule has 0 aromatic rings. The van der Waals surface area contributed by atoms with Crippen molar-refractivity contribution in [2.24, 2.45) is 5.16 Å². The molecule has 19 heavy (non-hydrogen) atoms. The fourth-order valence-corrected chi connectivity index (χ4v) is 3.69. The highest BCUT2D eigenvalue weighted by molar-refractivity contribution is 6.01. The van der Waals surface area contributed by atoms with E-state index in [2.05, 4.69) is 23.9 Å². The van der Waals surface area contributed by atoms with Gasteiger partial charge < -0.3 is 10.1 Å². The topological polar surface area (TPSA) is 35.8 Å². The molecule has 0 radical (unpaired) electrons. The Morgan fingerprint density at radius 2 is 1.89 bits per heavy atom. The van der Waals surface area contributed by atoms with Gasteiger partial charge in [-0.3, -0.25) is 0 Å². The first-order chi connectivity index (χ1) is 9.30. The molecule has 0 aliphatic heterocycles. The fraction of sp³-hybridized carbons (Fsp3) is 0.812. The average molecular weight is 264 g/mol. The van der Waals surface area contributed by atoms with Crippen molar-refractivity contribution in [1.29, 1.82) is 0 Å². The maximum Gasteiger partial charge on any atom is 0.0827 e. The second-order valence-corrected chi connectivity index (χ2v) is 5.91. The number of nitrogens with zero attached hydrogens (tertiary/aromatic N) is 2. The van der Waals surface area contributed by atoms with E-state index < -0.39 is 0 Å². The number of rotatable bonds is 5. The Labute approximate surface area is 117 Å². The van der Waals surface area contributed by atoms with E-state index in [0.29, 0.717) is 0 Å². The lowest BCUT2D eigenvalue weighted by Gasteiger charge is -2.37. The van der Waals surface area contributed by atoms with Gasteiger partial charge in [-0.25, -0.2) is 0 Å². The standard InChI is InChI=1S/C16H28N2O/c1-3-10-18(11-4-2)14-8-9-15-13(12-14)6-5-7-16(15)17-19/h14,19H,3-12H2,1-2H3/b17-16+/t14-/m0/s1. The Kier molecular flexibility index (Phi) is 5.44. The van der Waals surface area contributed by atoms with Crippen molar-refractivity contribution in [3.63, 3.8) is 0 Å². The van der Waals surface area contributed by atoms with Crippen LogP contribution in [0.25, 0.3) is 0 Å². The van der Waals surface area contributed by atoms with Crippen LogP contribution in [0, 0.1) is 0 Å². The molecule has 0 saturated heterocycles. The molecule has 0 aromatic heterocycles. The van der Waals surface area contributed by atoms with Crippen LogP contribution in [0.3, 0.4) is 0 Å². The molecule has 2 rings (SSSR count). The number of hydrogen-bond donors (Lipinski definition) is 1. The van der Waals surface area contributed by atoms with Crippen molar-refractivity contribution in [3.8, 4) is 0 Å². The van der Waals surface area contributed by atoms with Gasteiger partial charge in [0.25, 0.3) is 0 Å². The van der Waals surface area contributed by atoms with E-state index in [9.17, 15) is 0 Å². The molecule has 0 heterocycles. The second-order valence-electron chi connectivity index (χ2n) is 5.91. The molecule has 0 amide bonds. The minimum atomic E-state index is 0.719.